The van der Waals surface area contributed by atoms with Crippen LogP contribution in [0.15, 0.2) is 0 Å². The van der Waals surface area contributed by atoms with Gasteiger partial charge in [0.25, 0.3) is 0 Å². The molecule has 0 aliphatic carbocycles. The molecule has 2 heteroatoms. The molecular formula is C14H28O2. The molecule has 2 nitrogen and oxygen atoms in total. The number of unbranched alkanes of at least 4 members (excludes halogenated alkanes) is 1. The summed E-state index contributed by atoms with van der Waals surface area (Å²) in [6.07, 6.45) is 8.65. The minimum absolute atomic E-state index is 0.0339. The van der Waals surface area contributed by atoms with Crippen LogP contribution in [0.4, 0.5) is 0 Å². The van der Waals surface area contributed by atoms with Crippen molar-refractivity contribution < 1.29 is 9.47 Å². The summed E-state index contributed by atoms with van der Waals surface area (Å²) in [4.78, 5) is 0. The van der Waals surface area contributed by atoms with E-state index < -0.39 is 0 Å². The van der Waals surface area contributed by atoms with Gasteiger partial charge in [-0.2, -0.15) is 0 Å². The van der Waals surface area contributed by atoms with Gasteiger partial charge in [-0.15, -0.1) is 0 Å². The van der Waals surface area contributed by atoms with E-state index in [0.717, 1.165) is 32.5 Å². The van der Waals surface area contributed by atoms with Gasteiger partial charge in [0.15, 0.2) is 0 Å². The molecule has 1 aliphatic rings. The summed E-state index contributed by atoms with van der Waals surface area (Å²) in [6.45, 7) is 8.29. The zero-order chi connectivity index (χ0) is 11.9. The fourth-order valence-corrected chi connectivity index (χ4v) is 2.55. The summed E-state index contributed by atoms with van der Waals surface area (Å²) in [5.74, 6) is 0. The summed E-state index contributed by atoms with van der Waals surface area (Å²) in [6, 6.07) is 0. The monoisotopic (exact) mass is 228 g/mol. The smallest absolute Gasteiger partial charge is 0.0916 e. The average Bonchev–Trinajstić information content (AvgIpc) is 2.29. The highest BCUT2D eigenvalue weighted by atomic mass is 16.6. The van der Waals surface area contributed by atoms with Gasteiger partial charge < -0.3 is 9.47 Å². The SMILES string of the molecule is CCCCC1COC(CCC)(CCC)CO1. The molecule has 1 rings (SSSR count). The van der Waals surface area contributed by atoms with Crippen molar-refractivity contribution in [2.24, 2.45) is 0 Å². The molecule has 0 saturated carbocycles. The molecule has 0 bridgehead atoms. The topological polar surface area (TPSA) is 18.5 Å². The third-order valence-electron chi connectivity index (χ3n) is 3.45. The average molecular weight is 228 g/mol. The van der Waals surface area contributed by atoms with Crippen molar-refractivity contribution in [1.82, 2.24) is 0 Å². The molecule has 0 N–H and O–H groups in total. The quantitative estimate of drug-likeness (QED) is 0.657. The van der Waals surface area contributed by atoms with E-state index in [2.05, 4.69) is 20.8 Å². The molecule has 1 atom stereocenters. The third-order valence-corrected chi connectivity index (χ3v) is 3.45. The number of ether oxygens (including phenoxy) is 2. The van der Waals surface area contributed by atoms with Crippen molar-refractivity contribution in [3.05, 3.63) is 0 Å². The van der Waals surface area contributed by atoms with E-state index in [1.165, 1.54) is 25.7 Å². The van der Waals surface area contributed by atoms with Crippen molar-refractivity contribution in [2.45, 2.75) is 77.4 Å². The first-order chi connectivity index (χ1) is 7.76. The molecule has 1 unspecified atom stereocenters. The van der Waals surface area contributed by atoms with Crippen molar-refractivity contribution in [1.29, 1.82) is 0 Å². The van der Waals surface area contributed by atoms with Crippen molar-refractivity contribution in [3.63, 3.8) is 0 Å². The molecule has 1 aliphatic heterocycles. The van der Waals surface area contributed by atoms with Crippen LogP contribution in [0, 0.1) is 0 Å². The van der Waals surface area contributed by atoms with Gasteiger partial charge >= 0.3 is 0 Å². The standard InChI is InChI=1S/C14H28O2/c1-4-7-8-13-11-16-14(9-5-2,10-6-3)12-15-13/h13H,4-12H2,1-3H3. The molecule has 0 amide bonds. The van der Waals surface area contributed by atoms with Crippen LogP contribution in [-0.2, 0) is 9.47 Å². The Labute approximate surface area is 101 Å². The highest BCUT2D eigenvalue weighted by molar-refractivity contribution is 4.84. The Morgan fingerprint density at radius 1 is 1.06 bits per heavy atom. The molecule has 0 spiro atoms. The maximum Gasteiger partial charge on any atom is 0.0916 e. The lowest BCUT2D eigenvalue weighted by atomic mass is 9.92. The molecule has 0 aromatic rings. The Hall–Kier alpha value is -0.0800. The van der Waals surface area contributed by atoms with Gasteiger partial charge in [-0.3, -0.25) is 0 Å². The molecule has 1 fully saturated rings. The fraction of sp³-hybridized carbons (Fsp3) is 1.00. The Kier molecular flexibility index (Phi) is 6.37. The van der Waals surface area contributed by atoms with E-state index in [0.29, 0.717) is 6.10 Å². The molecule has 16 heavy (non-hydrogen) atoms. The van der Waals surface area contributed by atoms with Gasteiger partial charge in [0, 0.05) is 0 Å². The van der Waals surface area contributed by atoms with Crippen LogP contribution in [0.25, 0.3) is 0 Å². The van der Waals surface area contributed by atoms with Crippen molar-refractivity contribution in [2.75, 3.05) is 13.2 Å². The zero-order valence-corrected chi connectivity index (χ0v) is 11.3. The summed E-state index contributed by atoms with van der Waals surface area (Å²) in [7, 11) is 0. The second-order valence-corrected chi connectivity index (χ2v) is 5.07. The number of hydrogen-bond donors (Lipinski definition) is 0. The molecule has 0 aromatic carbocycles. The van der Waals surface area contributed by atoms with Crippen LogP contribution in [0.5, 0.6) is 0 Å². The lowest BCUT2D eigenvalue weighted by molar-refractivity contribution is -0.197. The van der Waals surface area contributed by atoms with Gasteiger partial charge in [0.05, 0.1) is 24.9 Å². The first kappa shape index (κ1) is 14.0. The Balaban J connectivity index is 2.36. The van der Waals surface area contributed by atoms with E-state index in [4.69, 9.17) is 9.47 Å². The summed E-state index contributed by atoms with van der Waals surface area (Å²) in [5.41, 5.74) is 0.0339. The van der Waals surface area contributed by atoms with E-state index in [-0.39, 0.29) is 5.60 Å². The highest BCUT2D eigenvalue weighted by Gasteiger charge is 2.35. The number of hydrogen-bond acceptors (Lipinski definition) is 2. The van der Waals surface area contributed by atoms with Crippen LogP contribution in [0.2, 0.25) is 0 Å². The summed E-state index contributed by atoms with van der Waals surface area (Å²) < 4.78 is 12.1. The second kappa shape index (κ2) is 7.29. The van der Waals surface area contributed by atoms with E-state index in [1.54, 1.807) is 0 Å². The predicted molar refractivity (Wildman–Crippen MR) is 67.8 cm³/mol. The maximum absolute atomic E-state index is 6.13. The summed E-state index contributed by atoms with van der Waals surface area (Å²) >= 11 is 0. The largest absolute Gasteiger partial charge is 0.373 e. The molecule has 96 valence electrons. The minimum atomic E-state index is 0.0339. The van der Waals surface area contributed by atoms with E-state index >= 15 is 0 Å². The Bertz CT molecular complexity index is 164. The Morgan fingerprint density at radius 2 is 1.75 bits per heavy atom. The van der Waals surface area contributed by atoms with Crippen LogP contribution in [0.3, 0.4) is 0 Å². The summed E-state index contributed by atoms with van der Waals surface area (Å²) in [5, 5.41) is 0. The maximum atomic E-state index is 6.13. The molecule has 0 aromatic heterocycles. The first-order valence-corrected chi connectivity index (χ1v) is 7.02. The molecule has 1 heterocycles. The normalized spacial score (nSPS) is 24.6. The Morgan fingerprint density at radius 3 is 2.19 bits per heavy atom. The highest BCUT2D eigenvalue weighted by Crippen LogP contribution is 2.30. The van der Waals surface area contributed by atoms with Crippen LogP contribution < -0.4 is 0 Å². The molecule has 1 saturated heterocycles. The van der Waals surface area contributed by atoms with Gasteiger partial charge in [0.2, 0.25) is 0 Å². The van der Waals surface area contributed by atoms with E-state index in [1.807, 2.05) is 0 Å². The molecule has 0 radical (unpaired) electrons. The van der Waals surface area contributed by atoms with Gasteiger partial charge in [-0.25, -0.2) is 0 Å². The van der Waals surface area contributed by atoms with Gasteiger partial charge in [-0.1, -0.05) is 46.5 Å². The van der Waals surface area contributed by atoms with Gasteiger partial charge in [0.1, 0.15) is 0 Å². The lowest BCUT2D eigenvalue weighted by Crippen LogP contribution is -2.46. The zero-order valence-electron chi connectivity index (χ0n) is 11.3. The lowest BCUT2D eigenvalue weighted by Gasteiger charge is -2.40. The second-order valence-electron chi connectivity index (χ2n) is 5.07. The molecular weight excluding hydrogens is 200 g/mol. The van der Waals surface area contributed by atoms with Crippen LogP contribution >= 0.6 is 0 Å². The van der Waals surface area contributed by atoms with E-state index in [9.17, 15) is 0 Å². The van der Waals surface area contributed by atoms with Crippen LogP contribution in [-0.4, -0.2) is 24.9 Å². The van der Waals surface area contributed by atoms with Crippen molar-refractivity contribution in [3.8, 4) is 0 Å². The fourth-order valence-electron chi connectivity index (χ4n) is 2.55. The van der Waals surface area contributed by atoms with Crippen molar-refractivity contribution >= 4 is 0 Å². The third kappa shape index (κ3) is 4.06. The number of rotatable bonds is 7. The predicted octanol–water partition coefficient (Wildman–Crippen LogP) is 3.93. The van der Waals surface area contributed by atoms with Gasteiger partial charge in [-0.05, 0) is 19.3 Å². The van der Waals surface area contributed by atoms with Crippen LogP contribution in [0.1, 0.15) is 65.7 Å². The minimum Gasteiger partial charge on any atom is -0.373 e. The first-order valence-electron chi connectivity index (χ1n) is 7.02.